The van der Waals surface area contributed by atoms with Gasteiger partial charge in [-0.2, -0.15) is 0 Å². The molecule has 0 amide bonds. The molecule has 2 atom stereocenters. The van der Waals surface area contributed by atoms with Crippen molar-refractivity contribution in [3.63, 3.8) is 0 Å². The lowest BCUT2D eigenvalue weighted by Gasteiger charge is -2.21. The summed E-state index contributed by atoms with van der Waals surface area (Å²) in [6.45, 7) is 5.88. The van der Waals surface area contributed by atoms with Gasteiger partial charge in [-0.25, -0.2) is 4.39 Å². The predicted octanol–water partition coefficient (Wildman–Crippen LogP) is 3.34. The molecule has 1 aromatic carbocycles. The molecule has 0 fully saturated rings. The topological polar surface area (TPSA) is 37.8 Å². The van der Waals surface area contributed by atoms with Crippen molar-refractivity contribution in [2.75, 3.05) is 0 Å². The monoisotopic (exact) mass is 259 g/mol. The fraction of sp³-hybridized carbons (Fsp3) is 0.333. The highest BCUT2D eigenvalue weighted by Gasteiger charge is 2.16. The molecule has 0 spiro atoms. The van der Waals surface area contributed by atoms with Crippen molar-refractivity contribution >= 4 is 0 Å². The highest BCUT2D eigenvalue weighted by atomic mass is 19.1. The Kier molecular flexibility index (Phi) is 4.22. The number of rotatable bonds is 4. The molecule has 3 nitrogen and oxygen atoms in total. The van der Waals surface area contributed by atoms with E-state index in [1.165, 1.54) is 6.07 Å². The number of hydrogen-bond donors (Lipinski definition) is 1. The maximum atomic E-state index is 13.7. The van der Waals surface area contributed by atoms with Crippen LogP contribution in [0.1, 0.15) is 42.9 Å². The second-order valence-electron chi connectivity index (χ2n) is 4.66. The van der Waals surface area contributed by atoms with Crippen molar-refractivity contribution in [3.8, 4) is 0 Å². The minimum Gasteiger partial charge on any atom is -0.302 e. The summed E-state index contributed by atoms with van der Waals surface area (Å²) in [5, 5.41) is 3.35. The van der Waals surface area contributed by atoms with Crippen LogP contribution in [0.25, 0.3) is 0 Å². The largest absolute Gasteiger partial charge is 0.302 e. The molecule has 0 saturated heterocycles. The quantitative estimate of drug-likeness (QED) is 0.915. The highest BCUT2D eigenvalue weighted by molar-refractivity contribution is 5.21. The molecule has 2 unspecified atom stereocenters. The Morgan fingerprint density at radius 3 is 2.42 bits per heavy atom. The predicted molar refractivity (Wildman–Crippen MR) is 73.1 cm³/mol. The lowest BCUT2D eigenvalue weighted by atomic mass is 10.1. The van der Waals surface area contributed by atoms with Gasteiger partial charge in [-0.3, -0.25) is 9.97 Å². The van der Waals surface area contributed by atoms with Crippen LogP contribution in [-0.2, 0) is 0 Å². The van der Waals surface area contributed by atoms with E-state index in [4.69, 9.17) is 0 Å². The smallest absolute Gasteiger partial charge is 0.127 e. The van der Waals surface area contributed by atoms with Gasteiger partial charge in [0.15, 0.2) is 0 Å². The number of aromatic nitrogens is 2. The lowest BCUT2D eigenvalue weighted by molar-refractivity contribution is 0.465. The Hall–Kier alpha value is -1.81. The van der Waals surface area contributed by atoms with Crippen LogP contribution in [0, 0.1) is 12.7 Å². The van der Waals surface area contributed by atoms with Gasteiger partial charge >= 0.3 is 0 Å². The van der Waals surface area contributed by atoms with Gasteiger partial charge in [0, 0.05) is 30.0 Å². The normalized spacial score (nSPS) is 14.1. The molecular weight excluding hydrogens is 241 g/mol. The van der Waals surface area contributed by atoms with Gasteiger partial charge in [0.25, 0.3) is 0 Å². The number of nitrogens with one attached hydrogen (secondary N) is 1. The fourth-order valence-corrected chi connectivity index (χ4v) is 2.21. The third-order valence-corrected chi connectivity index (χ3v) is 3.20. The van der Waals surface area contributed by atoms with Crippen LogP contribution in [0.3, 0.4) is 0 Å². The zero-order valence-electron chi connectivity index (χ0n) is 11.4. The number of aryl methyl sites for hydroxylation is 1. The number of nitrogens with zero attached hydrogens (tertiary/aromatic N) is 2. The van der Waals surface area contributed by atoms with Crippen molar-refractivity contribution in [3.05, 3.63) is 59.4 Å². The first-order valence-electron chi connectivity index (χ1n) is 6.37. The average molecular weight is 259 g/mol. The van der Waals surface area contributed by atoms with Gasteiger partial charge in [-0.05, 0) is 26.8 Å². The van der Waals surface area contributed by atoms with Gasteiger partial charge in [-0.15, -0.1) is 0 Å². The lowest BCUT2D eigenvalue weighted by Crippen LogP contribution is -2.24. The standard InChI is InChI=1S/C15H18FN3/c1-10(13-6-4-5-7-14(13)16)19-12(3)15-11(2)17-8-9-18-15/h4-10,12,19H,1-3H3. The SMILES string of the molecule is Cc1nccnc1C(C)NC(C)c1ccccc1F. The van der Waals surface area contributed by atoms with Gasteiger partial charge in [0.1, 0.15) is 5.82 Å². The van der Waals surface area contributed by atoms with E-state index in [2.05, 4.69) is 15.3 Å². The molecule has 2 aromatic rings. The number of hydrogen-bond acceptors (Lipinski definition) is 3. The maximum absolute atomic E-state index is 13.7. The summed E-state index contributed by atoms with van der Waals surface area (Å²) >= 11 is 0. The zero-order chi connectivity index (χ0) is 13.8. The van der Waals surface area contributed by atoms with Crippen LogP contribution in [0.15, 0.2) is 36.7 Å². The maximum Gasteiger partial charge on any atom is 0.127 e. The molecule has 0 saturated carbocycles. The van der Waals surface area contributed by atoms with E-state index >= 15 is 0 Å². The van der Waals surface area contributed by atoms with E-state index in [0.717, 1.165) is 11.4 Å². The van der Waals surface area contributed by atoms with Crippen LogP contribution < -0.4 is 5.32 Å². The summed E-state index contributed by atoms with van der Waals surface area (Å²) in [4.78, 5) is 8.55. The van der Waals surface area contributed by atoms with Crippen LogP contribution in [-0.4, -0.2) is 9.97 Å². The van der Waals surface area contributed by atoms with E-state index in [1.807, 2.05) is 26.8 Å². The summed E-state index contributed by atoms with van der Waals surface area (Å²) in [5.41, 5.74) is 2.45. The first-order chi connectivity index (χ1) is 9.09. The highest BCUT2D eigenvalue weighted by Crippen LogP contribution is 2.21. The Morgan fingerprint density at radius 2 is 1.74 bits per heavy atom. The van der Waals surface area contributed by atoms with E-state index < -0.39 is 0 Å². The summed E-state index contributed by atoms with van der Waals surface area (Å²) < 4.78 is 13.7. The molecule has 2 rings (SSSR count). The summed E-state index contributed by atoms with van der Waals surface area (Å²) in [5.74, 6) is -0.189. The van der Waals surface area contributed by atoms with E-state index in [9.17, 15) is 4.39 Å². The Bertz CT molecular complexity index is 507. The molecular formula is C15H18FN3. The molecule has 0 radical (unpaired) electrons. The van der Waals surface area contributed by atoms with Crippen LogP contribution in [0.4, 0.5) is 4.39 Å². The van der Waals surface area contributed by atoms with Gasteiger partial charge in [0.2, 0.25) is 0 Å². The number of benzene rings is 1. The number of halogens is 1. The van der Waals surface area contributed by atoms with Crippen molar-refractivity contribution in [1.82, 2.24) is 15.3 Å². The first-order valence-corrected chi connectivity index (χ1v) is 6.37. The second-order valence-corrected chi connectivity index (χ2v) is 4.66. The molecule has 1 aromatic heterocycles. The van der Waals surface area contributed by atoms with Crippen molar-refractivity contribution in [2.24, 2.45) is 0 Å². The Labute approximate surface area is 112 Å². The molecule has 0 bridgehead atoms. The first kappa shape index (κ1) is 13.6. The van der Waals surface area contributed by atoms with Gasteiger partial charge < -0.3 is 5.32 Å². The fourth-order valence-electron chi connectivity index (χ4n) is 2.21. The third-order valence-electron chi connectivity index (χ3n) is 3.20. The zero-order valence-corrected chi connectivity index (χ0v) is 11.4. The van der Waals surface area contributed by atoms with Crippen molar-refractivity contribution in [1.29, 1.82) is 0 Å². The Balaban J connectivity index is 2.13. The molecule has 100 valence electrons. The van der Waals surface area contributed by atoms with Crippen LogP contribution in [0.5, 0.6) is 0 Å². The van der Waals surface area contributed by atoms with Gasteiger partial charge in [-0.1, -0.05) is 18.2 Å². The summed E-state index contributed by atoms with van der Waals surface area (Å²) in [6.07, 6.45) is 3.35. The molecule has 1 heterocycles. The summed E-state index contributed by atoms with van der Waals surface area (Å²) in [7, 11) is 0. The molecule has 19 heavy (non-hydrogen) atoms. The molecule has 4 heteroatoms. The van der Waals surface area contributed by atoms with Crippen molar-refractivity contribution in [2.45, 2.75) is 32.9 Å². The van der Waals surface area contributed by atoms with E-state index in [1.54, 1.807) is 24.5 Å². The molecule has 0 aliphatic rings. The molecule has 0 aliphatic heterocycles. The summed E-state index contributed by atoms with van der Waals surface area (Å²) in [6, 6.07) is 6.74. The minimum atomic E-state index is -0.189. The minimum absolute atomic E-state index is 0.0170. The molecule has 1 N–H and O–H groups in total. The van der Waals surface area contributed by atoms with Crippen LogP contribution >= 0.6 is 0 Å². The Morgan fingerprint density at radius 1 is 1.05 bits per heavy atom. The average Bonchev–Trinajstić information content (AvgIpc) is 2.39. The van der Waals surface area contributed by atoms with Crippen LogP contribution in [0.2, 0.25) is 0 Å². The van der Waals surface area contributed by atoms with Gasteiger partial charge in [0.05, 0.1) is 11.4 Å². The third kappa shape index (κ3) is 3.15. The second kappa shape index (κ2) is 5.89. The van der Waals surface area contributed by atoms with Crippen molar-refractivity contribution < 1.29 is 4.39 Å². The molecule has 0 aliphatic carbocycles. The van der Waals surface area contributed by atoms with E-state index in [0.29, 0.717) is 5.56 Å². The van der Waals surface area contributed by atoms with E-state index in [-0.39, 0.29) is 17.9 Å².